The van der Waals surface area contributed by atoms with Gasteiger partial charge in [0.05, 0.1) is 13.2 Å². The Morgan fingerprint density at radius 2 is 2.25 bits per heavy atom. The first-order chi connectivity index (χ1) is 9.52. The van der Waals surface area contributed by atoms with E-state index in [9.17, 15) is 13.2 Å². The standard InChI is InChI=1S/C12H14F3N3O2/c1-2-19-7-6-18-10(9-4-3-5-16-8-9)17-11(20-18)12(13,14)15/h3-5,8,10H,2,6-7H2,1H3. The zero-order valence-electron chi connectivity index (χ0n) is 10.8. The molecule has 0 radical (unpaired) electrons. The summed E-state index contributed by atoms with van der Waals surface area (Å²) < 4.78 is 43.2. The van der Waals surface area contributed by atoms with Crippen molar-refractivity contribution in [3.05, 3.63) is 30.1 Å². The van der Waals surface area contributed by atoms with E-state index < -0.39 is 18.2 Å². The van der Waals surface area contributed by atoms with E-state index >= 15 is 0 Å². The number of aromatic nitrogens is 1. The second kappa shape index (κ2) is 6.19. The van der Waals surface area contributed by atoms with Crippen molar-refractivity contribution in [2.24, 2.45) is 4.99 Å². The minimum Gasteiger partial charge on any atom is -0.380 e. The number of aliphatic imine (C=N–C) groups is 1. The van der Waals surface area contributed by atoms with E-state index in [1.54, 1.807) is 19.1 Å². The van der Waals surface area contributed by atoms with Crippen molar-refractivity contribution in [1.82, 2.24) is 10.0 Å². The number of rotatable bonds is 5. The third kappa shape index (κ3) is 3.45. The summed E-state index contributed by atoms with van der Waals surface area (Å²) in [6.07, 6.45) is -2.47. The molecule has 1 aromatic rings. The van der Waals surface area contributed by atoms with E-state index in [2.05, 4.69) is 9.98 Å². The molecule has 1 unspecified atom stereocenters. The van der Waals surface area contributed by atoms with Crippen molar-refractivity contribution in [3.8, 4) is 0 Å². The second-order valence-electron chi connectivity index (χ2n) is 4.02. The lowest BCUT2D eigenvalue weighted by Crippen LogP contribution is -2.31. The lowest BCUT2D eigenvalue weighted by atomic mass is 10.2. The summed E-state index contributed by atoms with van der Waals surface area (Å²) in [7, 11) is 0. The van der Waals surface area contributed by atoms with Gasteiger partial charge in [-0.15, -0.1) is 5.06 Å². The van der Waals surface area contributed by atoms with Gasteiger partial charge in [-0.2, -0.15) is 13.2 Å². The zero-order valence-corrected chi connectivity index (χ0v) is 10.8. The van der Waals surface area contributed by atoms with Gasteiger partial charge in [0.2, 0.25) is 0 Å². The normalized spacial score (nSPS) is 19.8. The van der Waals surface area contributed by atoms with Gasteiger partial charge in [-0.3, -0.25) is 4.98 Å². The smallest absolute Gasteiger partial charge is 0.380 e. The average Bonchev–Trinajstić information content (AvgIpc) is 2.84. The van der Waals surface area contributed by atoms with Crippen LogP contribution in [-0.2, 0) is 9.57 Å². The molecule has 1 aliphatic heterocycles. The molecule has 0 aliphatic carbocycles. The maximum absolute atomic E-state index is 12.7. The third-order valence-corrected chi connectivity index (χ3v) is 2.60. The highest BCUT2D eigenvalue weighted by molar-refractivity contribution is 5.82. The summed E-state index contributed by atoms with van der Waals surface area (Å²) in [5.41, 5.74) is 0.531. The van der Waals surface area contributed by atoms with Gasteiger partial charge in [-0.1, -0.05) is 6.07 Å². The van der Waals surface area contributed by atoms with E-state index in [1.807, 2.05) is 0 Å². The first-order valence-corrected chi connectivity index (χ1v) is 6.09. The van der Waals surface area contributed by atoms with Gasteiger partial charge in [-0.25, -0.2) is 4.99 Å². The van der Waals surface area contributed by atoms with Gasteiger partial charge >= 0.3 is 12.1 Å². The van der Waals surface area contributed by atoms with Crippen molar-refractivity contribution in [2.75, 3.05) is 19.8 Å². The van der Waals surface area contributed by atoms with Crippen LogP contribution in [0.3, 0.4) is 0 Å². The Bertz CT molecular complexity index is 465. The second-order valence-corrected chi connectivity index (χ2v) is 4.02. The average molecular weight is 289 g/mol. The van der Waals surface area contributed by atoms with Gasteiger partial charge in [0.25, 0.3) is 0 Å². The summed E-state index contributed by atoms with van der Waals surface area (Å²) in [6.45, 7) is 2.73. The summed E-state index contributed by atoms with van der Waals surface area (Å²) in [5.74, 6) is -1.25. The molecule has 5 nitrogen and oxygen atoms in total. The molecule has 1 aromatic heterocycles. The minimum atomic E-state index is -4.61. The van der Waals surface area contributed by atoms with Crippen molar-refractivity contribution >= 4 is 5.90 Å². The number of hydrogen-bond acceptors (Lipinski definition) is 5. The Hall–Kier alpha value is -1.67. The SMILES string of the molecule is CCOCCN1OC(C(F)(F)F)=NC1c1cccnc1. The summed E-state index contributed by atoms with van der Waals surface area (Å²) in [5, 5.41) is 1.15. The first kappa shape index (κ1) is 14.7. The molecule has 0 bridgehead atoms. The zero-order chi connectivity index (χ0) is 14.6. The van der Waals surface area contributed by atoms with Crippen LogP contribution in [-0.4, -0.2) is 41.9 Å². The molecular weight excluding hydrogens is 275 g/mol. The fraction of sp³-hybridized carbons (Fsp3) is 0.500. The highest BCUT2D eigenvalue weighted by Gasteiger charge is 2.45. The quantitative estimate of drug-likeness (QED) is 0.781. The highest BCUT2D eigenvalue weighted by atomic mass is 19.4. The molecule has 2 heterocycles. The fourth-order valence-corrected chi connectivity index (χ4v) is 1.72. The molecule has 1 aliphatic rings. The Kier molecular flexibility index (Phi) is 4.56. The van der Waals surface area contributed by atoms with E-state index in [1.165, 1.54) is 12.4 Å². The predicted molar refractivity (Wildman–Crippen MR) is 64.8 cm³/mol. The van der Waals surface area contributed by atoms with Crippen LogP contribution in [0.5, 0.6) is 0 Å². The number of hydroxylamine groups is 2. The molecule has 0 aromatic carbocycles. The Balaban J connectivity index is 2.16. The van der Waals surface area contributed by atoms with Crippen LogP contribution in [0.1, 0.15) is 18.7 Å². The molecule has 0 saturated heterocycles. The number of ether oxygens (including phenoxy) is 1. The largest absolute Gasteiger partial charge is 0.470 e. The molecule has 0 N–H and O–H groups in total. The minimum absolute atomic E-state index is 0.177. The molecular formula is C12H14F3N3O2. The van der Waals surface area contributed by atoms with Crippen LogP contribution in [0.15, 0.2) is 29.5 Å². The van der Waals surface area contributed by atoms with Gasteiger partial charge in [-0.05, 0) is 13.0 Å². The summed E-state index contributed by atoms with van der Waals surface area (Å²) in [4.78, 5) is 12.3. The van der Waals surface area contributed by atoms with E-state index in [0.29, 0.717) is 12.2 Å². The van der Waals surface area contributed by atoms with Gasteiger partial charge in [0.15, 0.2) is 6.17 Å². The van der Waals surface area contributed by atoms with Crippen LogP contribution in [0.25, 0.3) is 0 Å². The lowest BCUT2D eigenvalue weighted by molar-refractivity contribution is -0.140. The van der Waals surface area contributed by atoms with Crippen LogP contribution >= 0.6 is 0 Å². The molecule has 2 rings (SSSR count). The molecule has 8 heteroatoms. The number of alkyl halides is 3. The van der Waals surface area contributed by atoms with Gasteiger partial charge < -0.3 is 9.57 Å². The monoisotopic (exact) mass is 289 g/mol. The molecule has 20 heavy (non-hydrogen) atoms. The van der Waals surface area contributed by atoms with Crippen LogP contribution in [0, 0.1) is 0 Å². The topological polar surface area (TPSA) is 47.0 Å². The molecule has 1 atom stereocenters. The Morgan fingerprint density at radius 1 is 1.45 bits per heavy atom. The molecule has 0 spiro atoms. The van der Waals surface area contributed by atoms with Crippen LogP contribution in [0.2, 0.25) is 0 Å². The van der Waals surface area contributed by atoms with Crippen molar-refractivity contribution in [2.45, 2.75) is 19.3 Å². The van der Waals surface area contributed by atoms with E-state index in [0.717, 1.165) is 5.06 Å². The lowest BCUT2D eigenvalue weighted by Gasteiger charge is -2.21. The first-order valence-electron chi connectivity index (χ1n) is 6.09. The predicted octanol–water partition coefficient (Wildman–Crippen LogP) is 2.32. The number of hydrogen-bond donors (Lipinski definition) is 0. The van der Waals surface area contributed by atoms with Crippen LogP contribution < -0.4 is 0 Å². The van der Waals surface area contributed by atoms with Gasteiger partial charge in [0.1, 0.15) is 0 Å². The molecule has 0 saturated carbocycles. The molecule has 0 fully saturated rings. The number of pyridine rings is 1. The van der Waals surface area contributed by atoms with Crippen molar-refractivity contribution in [3.63, 3.8) is 0 Å². The Labute approximate surface area is 114 Å². The number of nitrogens with zero attached hydrogens (tertiary/aromatic N) is 3. The van der Waals surface area contributed by atoms with Crippen LogP contribution in [0.4, 0.5) is 13.2 Å². The highest BCUT2D eigenvalue weighted by Crippen LogP contribution is 2.32. The maximum atomic E-state index is 12.7. The third-order valence-electron chi connectivity index (χ3n) is 2.60. The summed E-state index contributed by atoms with van der Waals surface area (Å²) >= 11 is 0. The maximum Gasteiger partial charge on any atom is 0.470 e. The number of halogens is 3. The molecule has 110 valence electrons. The fourth-order valence-electron chi connectivity index (χ4n) is 1.72. The summed E-state index contributed by atoms with van der Waals surface area (Å²) in [6, 6.07) is 3.29. The van der Waals surface area contributed by atoms with Crippen molar-refractivity contribution in [1.29, 1.82) is 0 Å². The van der Waals surface area contributed by atoms with Crippen molar-refractivity contribution < 1.29 is 22.7 Å². The molecule has 0 amide bonds. The van der Waals surface area contributed by atoms with E-state index in [4.69, 9.17) is 9.57 Å². The Morgan fingerprint density at radius 3 is 2.85 bits per heavy atom. The van der Waals surface area contributed by atoms with E-state index in [-0.39, 0.29) is 13.2 Å². The van der Waals surface area contributed by atoms with Gasteiger partial charge in [0, 0.05) is 24.6 Å².